The highest BCUT2D eigenvalue weighted by atomic mass is 32.2. The van der Waals surface area contributed by atoms with Crippen LogP contribution in [0.1, 0.15) is 23.0 Å². The van der Waals surface area contributed by atoms with Gasteiger partial charge >= 0.3 is 5.97 Å². The van der Waals surface area contributed by atoms with Gasteiger partial charge < -0.3 is 10.4 Å². The lowest BCUT2D eigenvalue weighted by molar-refractivity contribution is -0.148. The van der Waals surface area contributed by atoms with E-state index in [4.69, 9.17) is 0 Å². The number of nitrogens with one attached hydrogen (secondary N) is 1. The highest BCUT2D eigenvalue weighted by Crippen LogP contribution is 2.40. The van der Waals surface area contributed by atoms with Gasteiger partial charge in [-0.25, -0.2) is 4.79 Å². The van der Waals surface area contributed by atoms with Crippen molar-refractivity contribution in [2.45, 2.75) is 25.3 Å². The van der Waals surface area contributed by atoms with Crippen LogP contribution >= 0.6 is 11.8 Å². The van der Waals surface area contributed by atoms with Crippen molar-refractivity contribution in [3.8, 4) is 0 Å². The first kappa shape index (κ1) is 15.6. The standard InChI is InChI=1S/C14H16N4O4S/c1-6-5-23-13-9(12(20)18(13)10(6)14(21)22)16-11(19)8-4-15-17(3)7(8)2/h4,9,13H,5H2,1-3H3,(H,16,19)(H,21,22)/t9-,13+/m0/s1. The van der Waals surface area contributed by atoms with E-state index in [1.165, 1.54) is 22.9 Å². The predicted octanol–water partition coefficient (Wildman–Crippen LogP) is 0.101. The van der Waals surface area contributed by atoms with Gasteiger partial charge in [0.05, 0.1) is 11.8 Å². The van der Waals surface area contributed by atoms with E-state index in [1.807, 2.05) is 0 Å². The summed E-state index contributed by atoms with van der Waals surface area (Å²) in [5.41, 5.74) is 1.79. The number of carbonyl (C=O) groups excluding carboxylic acids is 2. The van der Waals surface area contributed by atoms with Crippen molar-refractivity contribution in [2.75, 3.05) is 5.75 Å². The van der Waals surface area contributed by atoms with Crippen molar-refractivity contribution in [2.24, 2.45) is 7.05 Å². The zero-order valence-corrected chi connectivity index (χ0v) is 13.7. The average Bonchev–Trinajstić information content (AvgIpc) is 2.83. The number of aliphatic carboxylic acids is 1. The highest BCUT2D eigenvalue weighted by Gasteiger charge is 2.53. The molecule has 1 aromatic rings. The molecule has 1 aromatic heterocycles. The molecule has 0 spiro atoms. The SMILES string of the molecule is CC1=C(C(=O)O)N2C(=O)[C@H](NC(=O)c3cnn(C)c3C)[C@H]2SC1. The molecule has 8 nitrogen and oxygen atoms in total. The Balaban J connectivity index is 1.78. The van der Waals surface area contributed by atoms with E-state index in [0.717, 1.165) is 0 Å². The molecular formula is C14H16N4O4S. The lowest BCUT2D eigenvalue weighted by atomic mass is 10.0. The van der Waals surface area contributed by atoms with Gasteiger partial charge in [0, 0.05) is 18.5 Å². The molecule has 2 N–H and O–H groups in total. The summed E-state index contributed by atoms with van der Waals surface area (Å²) in [5, 5.41) is 15.6. The first-order valence-electron chi connectivity index (χ1n) is 7.00. The van der Waals surface area contributed by atoms with E-state index >= 15 is 0 Å². The lowest BCUT2D eigenvalue weighted by Crippen LogP contribution is -2.70. The largest absolute Gasteiger partial charge is 0.477 e. The van der Waals surface area contributed by atoms with E-state index in [2.05, 4.69) is 10.4 Å². The molecule has 3 heterocycles. The van der Waals surface area contributed by atoms with E-state index < -0.39 is 17.9 Å². The Morgan fingerprint density at radius 3 is 2.70 bits per heavy atom. The van der Waals surface area contributed by atoms with Gasteiger partial charge in [-0.2, -0.15) is 5.10 Å². The Hall–Kier alpha value is -2.29. The number of carbonyl (C=O) groups is 3. The van der Waals surface area contributed by atoms with Crippen molar-refractivity contribution in [3.05, 3.63) is 28.7 Å². The maximum Gasteiger partial charge on any atom is 0.352 e. The monoisotopic (exact) mass is 336 g/mol. The molecule has 2 aliphatic rings. The van der Waals surface area contributed by atoms with Gasteiger partial charge in [0.25, 0.3) is 11.8 Å². The quantitative estimate of drug-likeness (QED) is 0.759. The number of thioether (sulfide) groups is 1. The van der Waals surface area contributed by atoms with Crippen LogP contribution in [0.15, 0.2) is 17.5 Å². The van der Waals surface area contributed by atoms with Gasteiger partial charge in [0.2, 0.25) is 0 Å². The summed E-state index contributed by atoms with van der Waals surface area (Å²) in [7, 11) is 1.73. The molecule has 3 rings (SSSR count). The molecule has 0 aromatic carbocycles. The maximum absolute atomic E-state index is 12.3. The van der Waals surface area contributed by atoms with Crippen LogP contribution in [-0.2, 0) is 16.6 Å². The number of β-lactam (4-membered cyclic amide) rings is 1. The molecule has 0 saturated carbocycles. The third-order valence-electron chi connectivity index (χ3n) is 4.13. The Labute approximate surface area is 136 Å². The molecule has 0 bridgehead atoms. The first-order chi connectivity index (χ1) is 10.8. The average molecular weight is 336 g/mol. The number of rotatable bonds is 3. The number of hydrogen-bond donors (Lipinski definition) is 2. The van der Waals surface area contributed by atoms with Crippen molar-refractivity contribution in [1.29, 1.82) is 0 Å². The minimum atomic E-state index is -1.12. The van der Waals surface area contributed by atoms with Gasteiger partial charge in [0.15, 0.2) is 0 Å². The second-order valence-corrected chi connectivity index (χ2v) is 6.67. The minimum Gasteiger partial charge on any atom is -0.477 e. The second-order valence-electron chi connectivity index (χ2n) is 5.56. The molecule has 0 aliphatic carbocycles. The van der Waals surface area contributed by atoms with Gasteiger partial charge in [-0.15, -0.1) is 11.8 Å². The molecule has 2 amide bonds. The van der Waals surface area contributed by atoms with Crippen LogP contribution in [-0.4, -0.2) is 54.7 Å². The van der Waals surface area contributed by atoms with E-state index in [9.17, 15) is 19.5 Å². The first-order valence-corrected chi connectivity index (χ1v) is 8.05. The fraction of sp³-hybridized carbons (Fsp3) is 0.429. The molecule has 2 aliphatic heterocycles. The summed E-state index contributed by atoms with van der Waals surface area (Å²) in [5.74, 6) is -1.37. The van der Waals surface area contributed by atoms with Gasteiger partial charge in [-0.3, -0.25) is 19.2 Å². The lowest BCUT2D eigenvalue weighted by Gasteiger charge is -2.49. The summed E-state index contributed by atoms with van der Waals surface area (Å²) in [6.07, 6.45) is 1.45. The fourth-order valence-corrected chi connectivity index (χ4v) is 4.01. The van der Waals surface area contributed by atoms with Crippen molar-refractivity contribution in [1.82, 2.24) is 20.0 Å². The number of amides is 2. The fourth-order valence-electron chi connectivity index (χ4n) is 2.72. The second kappa shape index (κ2) is 5.41. The zero-order valence-electron chi connectivity index (χ0n) is 12.9. The summed E-state index contributed by atoms with van der Waals surface area (Å²) in [4.78, 5) is 37.2. The smallest absolute Gasteiger partial charge is 0.352 e. The normalized spacial score (nSPS) is 23.4. The topological polar surface area (TPSA) is 105 Å². The molecule has 23 heavy (non-hydrogen) atoms. The Kier molecular flexibility index (Phi) is 3.67. The third-order valence-corrected chi connectivity index (χ3v) is 5.55. The molecule has 122 valence electrons. The number of aryl methyl sites for hydroxylation is 1. The zero-order chi connectivity index (χ0) is 16.9. The van der Waals surface area contributed by atoms with Crippen LogP contribution in [0.3, 0.4) is 0 Å². The summed E-state index contributed by atoms with van der Waals surface area (Å²) >= 11 is 1.45. The molecule has 9 heteroatoms. The van der Waals surface area contributed by atoms with Crippen molar-refractivity contribution >= 4 is 29.5 Å². The van der Waals surface area contributed by atoms with Crippen LogP contribution in [0.5, 0.6) is 0 Å². The number of hydrogen-bond acceptors (Lipinski definition) is 5. The van der Waals surface area contributed by atoms with Crippen LogP contribution in [0.2, 0.25) is 0 Å². The molecule has 1 saturated heterocycles. The third kappa shape index (κ3) is 2.31. The van der Waals surface area contributed by atoms with Gasteiger partial charge in [0.1, 0.15) is 17.1 Å². The number of carboxylic acids is 1. The summed E-state index contributed by atoms with van der Waals surface area (Å²) < 4.78 is 1.58. The van der Waals surface area contributed by atoms with E-state index in [-0.39, 0.29) is 17.0 Å². The molecule has 2 atom stereocenters. The number of carboxylic acid groups (broad SMARTS) is 1. The minimum absolute atomic E-state index is 0.0295. The number of fused-ring (bicyclic) bond motifs is 1. The Morgan fingerprint density at radius 2 is 2.13 bits per heavy atom. The number of aromatic nitrogens is 2. The van der Waals surface area contributed by atoms with E-state index in [0.29, 0.717) is 22.6 Å². The maximum atomic E-state index is 12.3. The molecule has 0 radical (unpaired) electrons. The number of nitrogens with zero attached hydrogens (tertiary/aromatic N) is 3. The summed E-state index contributed by atoms with van der Waals surface area (Å²) in [6.45, 7) is 3.46. The van der Waals surface area contributed by atoms with Crippen molar-refractivity contribution in [3.63, 3.8) is 0 Å². The molecule has 1 fully saturated rings. The molecular weight excluding hydrogens is 320 g/mol. The highest BCUT2D eigenvalue weighted by molar-refractivity contribution is 8.00. The van der Waals surface area contributed by atoms with E-state index in [1.54, 1.807) is 25.6 Å². The van der Waals surface area contributed by atoms with Crippen molar-refractivity contribution < 1.29 is 19.5 Å². The molecule has 0 unspecified atom stereocenters. The van der Waals surface area contributed by atoms with Gasteiger partial charge in [-0.05, 0) is 19.4 Å². The predicted molar refractivity (Wildman–Crippen MR) is 82.6 cm³/mol. The van der Waals surface area contributed by atoms with Crippen LogP contribution < -0.4 is 5.32 Å². The van der Waals surface area contributed by atoms with Crippen LogP contribution in [0.25, 0.3) is 0 Å². The Morgan fingerprint density at radius 1 is 1.43 bits per heavy atom. The summed E-state index contributed by atoms with van der Waals surface area (Å²) in [6, 6.07) is -0.713. The van der Waals surface area contributed by atoms with Gasteiger partial charge in [-0.1, -0.05) is 0 Å². The Bertz CT molecular complexity index is 754. The van der Waals surface area contributed by atoms with Crippen LogP contribution in [0.4, 0.5) is 0 Å². The van der Waals surface area contributed by atoms with Crippen LogP contribution in [0, 0.1) is 6.92 Å².